The Morgan fingerprint density at radius 3 is 2.53 bits per heavy atom. The standard InChI is InChI=1S/C16H25N3/c1-5-8-12(11-17)15-18-13-9-6-7-10-14(13)19(15)16(2,3)4/h6-7,9-10,12H,5,8,11,17H2,1-4H3. The van der Waals surface area contributed by atoms with Crippen LogP contribution in [0.2, 0.25) is 0 Å². The number of rotatable bonds is 4. The fourth-order valence-corrected chi connectivity index (χ4v) is 2.72. The van der Waals surface area contributed by atoms with Gasteiger partial charge < -0.3 is 10.3 Å². The van der Waals surface area contributed by atoms with E-state index in [2.05, 4.69) is 50.5 Å². The predicted molar refractivity (Wildman–Crippen MR) is 81.4 cm³/mol. The predicted octanol–water partition coefficient (Wildman–Crippen LogP) is 3.63. The summed E-state index contributed by atoms with van der Waals surface area (Å²) in [7, 11) is 0. The molecule has 0 spiro atoms. The van der Waals surface area contributed by atoms with Crippen LogP contribution in [0.25, 0.3) is 11.0 Å². The van der Waals surface area contributed by atoms with Crippen molar-refractivity contribution in [2.45, 2.75) is 52.0 Å². The van der Waals surface area contributed by atoms with E-state index in [4.69, 9.17) is 10.7 Å². The Balaban J connectivity index is 2.65. The molecule has 0 aliphatic heterocycles. The zero-order valence-electron chi connectivity index (χ0n) is 12.5. The number of aromatic nitrogens is 2. The van der Waals surface area contributed by atoms with Gasteiger partial charge in [0.15, 0.2) is 0 Å². The van der Waals surface area contributed by atoms with Crippen LogP contribution in [-0.4, -0.2) is 16.1 Å². The SMILES string of the molecule is CCCC(CN)c1nc2ccccc2n1C(C)(C)C. The highest BCUT2D eigenvalue weighted by molar-refractivity contribution is 5.76. The second-order valence-electron chi connectivity index (χ2n) is 6.19. The van der Waals surface area contributed by atoms with Crippen LogP contribution in [-0.2, 0) is 5.54 Å². The molecule has 0 aliphatic rings. The van der Waals surface area contributed by atoms with Gasteiger partial charge in [-0.3, -0.25) is 0 Å². The summed E-state index contributed by atoms with van der Waals surface area (Å²) >= 11 is 0. The van der Waals surface area contributed by atoms with E-state index in [0.29, 0.717) is 12.5 Å². The molecule has 104 valence electrons. The topological polar surface area (TPSA) is 43.8 Å². The van der Waals surface area contributed by atoms with Gasteiger partial charge in [0.25, 0.3) is 0 Å². The number of benzene rings is 1. The van der Waals surface area contributed by atoms with E-state index in [0.717, 1.165) is 24.2 Å². The summed E-state index contributed by atoms with van der Waals surface area (Å²) in [5.41, 5.74) is 8.27. The minimum absolute atomic E-state index is 0.0204. The Morgan fingerprint density at radius 1 is 1.26 bits per heavy atom. The average molecular weight is 259 g/mol. The number of fused-ring (bicyclic) bond motifs is 1. The molecule has 19 heavy (non-hydrogen) atoms. The third-order valence-electron chi connectivity index (χ3n) is 3.54. The van der Waals surface area contributed by atoms with Gasteiger partial charge in [-0.2, -0.15) is 0 Å². The summed E-state index contributed by atoms with van der Waals surface area (Å²) in [6, 6.07) is 8.36. The van der Waals surface area contributed by atoms with Gasteiger partial charge in [0.05, 0.1) is 11.0 Å². The second kappa shape index (κ2) is 5.33. The third kappa shape index (κ3) is 2.66. The largest absolute Gasteiger partial charge is 0.330 e. The molecule has 0 aliphatic carbocycles. The van der Waals surface area contributed by atoms with Crippen molar-refractivity contribution >= 4 is 11.0 Å². The number of hydrogen-bond acceptors (Lipinski definition) is 2. The smallest absolute Gasteiger partial charge is 0.114 e. The molecule has 0 bridgehead atoms. The first-order valence-electron chi connectivity index (χ1n) is 7.17. The molecular weight excluding hydrogens is 234 g/mol. The Labute approximate surface area is 115 Å². The van der Waals surface area contributed by atoms with Gasteiger partial charge >= 0.3 is 0 Å². The van der Waals surface area contributed by atoms with Crippen molar-refractivity contribution in [2.24, 2.45) is 5.73 Å². The van der Waals surface area contributed by atoms with E-state index in [-0.39, 0.29) is 5.54 Å². The lowest BCUT2D eigenvalue weighted by atomic mass is 10.0. The molecule has 1 aromatic heterocycles. The Bertz CT molecular complexity index is 549. The van der Waals surface area contributed by atoms with E-state index in [1.807, 2.05) is 6.07 Å². The fourth-order valence-electron chi connectivity index (χ4n) is 2.72. The molecule has 1 unspecified atom stereocenters. The molecule has 0 amide bonds. The Hall–Kier alpha value is -1.35. The molecule has 3 heteroatoms. The quantitative estimate of drug-likeness (QED) is 0.911. The summed E-state index contributed by atoms with van der Waals surface area (Å²) in [5, 5.41) is 0. The van der Waals surface area contributed by atoms with Crippen LogP contribution < -0.4 is 5.73 Å². The molecule has 0 fully saturated rings. The summed E-state index contributed by atoms with van der Waals surface area (Å²) in [5.74, 6) is 1.48. The van der Waals surface area contributed by atoms with Gasteiger partial charge in [0.1, 0.15) is 5.82 Å². The first kappa shape index (κ1) is 14.1. The highest BCUT2D eigenvalue weighted by Crippen LogP contribution is 2.30. The van der Waals surface area contributed by atoms with E-state index >= 15 is 0 Å². The molecule has 1 heterocycles. The fraction of sp³-hybridized carbons (Fsp3) is 0.562. The number of hydrogen-bond donors (Lipinski definition) is 1. The summed E-state index contributed by atoms with van der Waals surface area (Å²) in [6.45, 7) is 9.54. The highest BCUT2D eigenvalue weighted by Gasteiger charge is 2.25. The lowest BCUT2D eigenvalue weighted by Gasteiger charge is -2.27. The minimum atomic E-state index is 0.0204. The monoisotopic (exact) mass is 259 g/mol. The van der Waals surface area contributed by atoms with Crippen molar-refractivity contribution in [3.63, 3.8) is 0 Å². The zero-order chi connectivity index (χ0) is 14.0. The number of nitrogens with zero attached hydrogens (tertiary/aromatic N) is 2. The molecular formula is C16H25N3. The molecule has 1 atom stereocenters. The lowest BCUT2D eigenvalue weighted by Crippen LogP contribution is -2.27. The number of nitrogens with two attached hydrogens (primary N) is 1. The summed E-state index contributed by atoms with van der Waals surface area (Å²) < 4.78 is 2.36. The number of imidazole rings is 1. The van der Waals surface area contributed by atoms with E-state index in [9.17, 15) is 0 Å². The van der Waals surface area contributed by atoms with Gasteiger partial charge in [0.2, 0.25) is 0 Å². The van der Waals surface area contributed by atoms with Crippen LogP contribution >= 0.6 is 0 Å². The van der Waals surface area contributed by atoms with Gasteiger partial charge in [-0.05, 0) is 39.3 Å². The third-order valence-corrected chi connectivity index (χ3v) is 3.54. The maximum Gasteiger partial charge on any atom is 0.114 e. The Kier molecular flexibility index (Phi) is 3.95. The van der Waals surface area contributed by atoms with Crippen LogP contribution in [0.3, 0.4) is 0 Å². The summed E-state index contributed by atoms with van der Waals surface area (Å²) in [4.78, 5) is 4.85. The van der Waals surface area contributed by atoms with Crippen molar-refractivity contribution in [3.8, 4) is 0 Å². The maximum atomic E-state index is 5.97. The molecule has 2 aromatic rings. The van der Waals surface area contributed by atoms with E-state index < -0.39 is 0 Å². The van der Waals surface area contributed by atoms with Crippen molar-refractivity contribution in [1.29, 1.82) is 0 Å². The second-order valence-corrected chi connectivity index (χ2v) is 6.19. The van der Waals surface area contributed by atoms with Gasteiger partial charge in [-0.15, -0.1) is 0 Å². The molecule has 0 saturated carbocycles. The van der Waals surface area contributed by atoms with Crippen molar-refractivity contribution < 1.29 is 0 Å². The first-order chi connectivity index (χ1) is 8.99. The molecule has 3 nitrogen and oxygen atoms in total. The van der Waals surface area contributed by atoms with Crippen molar-refractivity contribution in [3.05, 3.63) is 30.1 Å². The normalized spacial score (nSPS) is 13.9. The summed E-state index contributed by atoms with van der Waals surface area (Å²) in [6.07, 6.45) is 2.23. The van der Waals surface area contributed by atoms with E-state index in [1.165, 1.54) is 5.52 Å². The zero-order valence-corrected chi connectivity index (χ0v) is 12.5. The molecule has 0 radical (unpaired) electrons. The molecule has 2 N–H and O–H groups in total. The lowest BCUT2D eigenvalue weighted by molar-refractivity contribution is 0.379. The average Bonchev–Trinajstić information content (AvgIpc) is 2.74. The van der Waals surface area contributed by atoms with Crippen molar-refractivity contribution in [2.75, 3.05) is 6.54 Å². The first-order valence-corrected chi connectivity index (χ1v) is 7.17. The van der Waals surface area contributed by atoms with Crippen LogP contribution in [0.1, 0.15) is 52.3 Å². The van der Waals surface area contributed by atoms with Gasteiger partial charge in [-0.25, -0.2) is 4.98 Å². The Morgan fingerprint density at radius 2 is 1.95 bits per heavy atom. The molecule has 0 saturated heterocycles. The van der Waals surface area contributed by atoms with Crippen LogP contribution in [0, 0.1) is 0 Å². The van der Waals surface area contributed by atoms with Crippen LogP contribution in [0.5, 0.6) is 0 Å². The number of para-hydroxylation sites is 2. The highest BCUT2D eigenvalue weighted by atomic mass is 15.1. The van der Waals surface area contributed by atoms with Crippen molar-refractivity contribution in [1.82, 2.24) is 9.55 Å². The van der Waals surface area contributed by atoms with Gasteiger partial charge in [0, 0.05) is 18.0 Å². The van der Waals surface area contributed by atoms with Gasteiger partial charge in [-0.1, -0.05) is 25.5 Å². The van der Waals surface area contributed by atoms with Crippen LogP contribution in [0.4, 0.5) is 0 Å². The maximum absolute atomic E-state index is 5.97. The van der Waals surface area contributed by atoms with E-state index in [1.54, 1.807) is 0 Å². The van der Waals surface area contributed by atoms with Crippen LogP contribution in [0.15, 0.2) is 24.3 Å². The minimum Gasteiger partial charge on any atom is -0.330 e. The molecule has 1 aromatic carbocycles. The molecule has 2 rings (SSSR count).